The molecule has 0 radical (unpaired) electrons. The number of aryl methyl sites for hydroxylation is 2. The Kier molecular flexibility index (Phi) is 5.79. The summed E-state index contributed by atoms with van der Waals surface area (Å²) in [6, 6.07) is 10.5. The molecule has 0 spiro atoms. The predicted octanol–water partition coefficient (Wildman–Crippen LogP) is 3.52. The molecule has 7 nitrogen and oxygen atoms in total. The van der Waals surface area contributed by atoms with Crippen molar-refractivity contribution in [1.29, 1.82) is 0 Å². The predicted molar refractivity (Wildman–Crippen MR) is 114 cm³/mol. The van der Waals surface area contributed by atoms with Crippen molar-refractivity contribution in [1.82, 2.24) is 20.1 Å². The van der Waals surface area contributed by atoms with Crippen molar-refractivity contribution in [2.75, 3.05) is 11.4 Å². The van der Waals surface area contributed by atoms with E-state index in [1.54, 1.807) is 21.8 Å². The lowest BCUT2D eigenvalue weighted by atomic mass is 10.0. The van der Waals surface area contributed by atoms with Crippen molar-refractivity contribution in [2.24, 2.45) is 0 Å². The highest BCUT2D eigenvalue weighted by Gasteiger charge is 2.27. The zero-order valence-electron chi connectivity index (χ0n) is 17.5. The van der Waals surface area contributed by atoms with Crippen molar-refractivity contribution in [3.05, 3.63) is 77.1 Å². The summed E-state index contributed by atoms with van der Waals surface area (Å²) in [6.45, 7) is 5.14. The van der Waals surface area contributed by atoms with E-state index < -0.39 is 0 Å². The molecule has 4 rings (SSSR count). The maximum absolute atomic E-state index is 13.1. The minimum atomic E-state index is -0.387. The monoisotopic (exact) mass is 421 g/mol. The van der Waals surface area contributed by atoms with E-state index in [0.29, 0.717) is 30.0 Å². The second-order valence-corrected chi connectivity index (χ2v) is 7.52. The van der Waals surface area contributed by atoms with E-state index >= 15 is 0 Å². The molecule has 3 aromatic rings. The number of pyridine rings is 1. The van der Waals surface area contributed by atoms with Crippen molar-refractivity contribution in [3.8, 4) is 0 Å². The minimum absolute atomic E-state index is 0.139. The Hall–Kier alpha value is -3.55. The molecule has 160 valence electrons. The van der Waals surface area contributed by atoms with E-state index in [-0.39, 0.29) is 23.7 Å². The number of hydrogen-bond acceptors (Lipinski definition) is 4. The van der Waals surface area contributed by atoms with Gasteiger partial charge in [0.1, 0.15) is 5.82 Å². The molecule has 0 aliphatic carbocycles. The van der Waals surface area contributed by atoms with Gasteiger partial charge in [-0.2, -0.15) is 5.10 Å². The highest BCUT2D eigenvalue weighted by Crippen LogP contribution is 2.28. The van der Waals surface area contributed by atoms with Crippen LogP contribution in [0.3, 0.4) is 0 Å². The summed E-state index contributed by atoms with van der Waals surface area (Å²) in [6.07, 6.45) is 3.36. The molecule has 1 aliphatic rings. The quantitative estimate of drug-likeness (QED) is 0.684. The molecule has 0 saturated carbocycles. The molecule has 3 heterocycles. The molecule has 1 N–H and O–H groups in total. The molecule has 2 amide bonds. The Balaban J connectivity index is 1.51. The summed E-state index contributed by atoms with van der Waals surface area (Å²) < 4.78 is 14.8. The van der Waals surface area contributed by atoms with Gasteiger partial charge >= 0.3 is 0 Å². The third-order valence-corrected chi connectivity index (χ3v) is 5.38. The lowest BCUT2D eigenvalue weighted by Crippen LogP contribution is -2.36. The Morgan fingerprint density at radius 3 is 2.65 bits per heavy atom. The molecule has 1 atom stereocenters. The fourth-order valence-corrected chi connectivity index (χ4v) is 3.66. The molecule has 0 unspecified atom stereocenters. The third-order valence-electron chi connectivity index (χ3n) is 5.38. The van der Waals surface area contributed by atoms with Gasteiger partial charge in [0.15, 0.2) is 5.69 Å². The fourth-order valence-electron chi connectivity index (χ4n) is 3.66. The van der Waals surface area contributed by atoms with Gasteiger partial charge in [-0.1, -0.05) is 0 Å². The Morgan fingerprint density at radius 2 is 1.94 bits per heavy atom. The smallest absolute Gasteiger partial charge is 0.278 e. The lowest BCUT2D eigenvalue weighted by Gasteiger charge is -2.29. The van der Waals surface area contributed by atoms with E-state index in [2.05, 4.69) is 10.4 Å². The van der Waals surface area contributed by atoms with Crippen LogP contribution in [0.15, 0.2) is 48.7 Å². The van der Waals surface area contributed by atoms with Gasteiger partial charge in [0.2, 0.25) is 0 Å². The second kappa shape index (κ2) is 8.67. The number of rotatable bonds is 5. The van der Waals surface area contributed by atoms with E-state index in [0.717, 1.165) is 24.2 Å². The largest absolute Gasteiger partial charge is 0.344 e. The Labute approximate surface area is 179 Å². The number of hydrogen-bond donors (Lipinski definition) is 1. The van der Waals surface area contributed by atoms with Crippen LogP contribution in [0, 0.1) is 5.82 Å². The van der Waals surface area contributed by atoms with Gasteiger partial charge in [-0.15, -0.1) is 0 Å². The molecule has 8 heteroatoms. The van der Waals surface area contributed by atoms with E-state index in [9.17, 15) is 14.0 Å². The molecule has 2 aromatic heterocycles. The molecule has 0 fully saturated rings. The summed E-state index contributed by atoms with van der Waals surface area (Å²) in [4.78, 5) is 31.9. The molecule has 1 aromatic carbocycles. The van der Waals surface area contributed by atoms with Gasteiger partial charge in [0.25, 0.3) is 11.8 Å². The van der Waals surface area contributed by atoms with Crippen LogP contribution in [0.5, 0.6) is 0 Å². The second-order valence-electron chi connectivity index (χ2n) is 7.52. The number of nitrogens with one attached hydrogen (secondary N) is 1. The van der Waals surface area contributed by atoms with Crippen LogP contribution in [0.2, 0.25) is 0 Å². The average Bonchev–Trinajstić information content (AvgIpc) is 3.27. The van der Waals surface area contributed by atoms with Gasteiger partial charge in [0, 0.05) is 24.8 Å². The first kappa shape index (κ1) is 20.7. The number of benzene rings is 1. The highest BCUT2D eigenvalue weighted by atomic mass is 19.1. The molecular formula is C23H24FN5O2. The first-order valence-corrected chi connectivity index (χ1v) is 10.4. The molecule has 31 heavy (non-hydrogen) atoms. The number of fused-ring (bicyclic) bond motifs is 1. The van der Waals surface area contributed by atoms with Crippen LogP contribution in [-0.2, 0) is 13.0 Å². The number of anilines is 1. The lowest BCUT2D eigenvalue weighted by molar-refractivity contribution is 0.0938. The van der Waals surface area contributed by atoms with Gasteiger partial charge in [-0.05, 0) is 69.2 Å². The van der Waals surface area contributed by atoms with Crippen LogP contribution < -0.4 is 10.2 Å². The zero-order chi connectivity index (χ0) is 22.0. The average molecular weight is 421 g/mol. The molecule has 0 saturated heterocycles. The molecule has 0 bridgehead atoms. The van der Waals surface area contributed by atoms with E-state index in [4.69, 9.17) is 4.98 Å². The standard InChI is InChI=1S/C23H24FN5O2/c1-3-28-14-12-20(27-28)23(31)29-13-4-5-19-21(29)11-10-18(26-19)15(2)25-22(30)16-6-8-17(24)9-7-16/h6-12,14-15H,3-5,13H2,1-2H3,(H,25,30)/t15-/m1/s1. The molecular weight excluding hydrogens is 397 g/mol. The van der Waals surface area contributed by atoms with E-state index in [1.165, 1.54) is 24.3 Å². The number of amides is 2. The van der Waals surface area contributed by atoms with Crippen LogP contribution in [0.1, 0.15) is 58.5 Å². The molecule has 1 aliphatic heterocycles. The maximum Gasteiger partial charge on any atom is 0.278 e. The number of halogens is 1. The topological polar surface area (TPSA) is 80.1 Å². The minimum Gasteiger partial charge on any atom is -0.344 e. The Morgan fingerprint density at radius 1 is 1.16 bits per heavy atom. The van der Waals surface area contributed by atoms with Crippen LogP contribution in [0.4, 0.5) is 10.1 Å². The SMILES string of the molecule is CCn1ccc(C(=O)N2CCCc3nc([C@@H](C)NC(=O)c4ccc(F)cc4)ccc32)n1. The first-order valence-electron chi connectivity index (χ1n) is 10.4. The number of aromatic nitrogens is 3. The van der Waals surface area contributed by atoms with Crippen LogP contribution in [-0.4, -0.2) is 33.1 Å². The summed E-state index contributed by atoms with van der Waals surface area (Å²) in [7, 11) is 0. The van der Waals surface area contributed by atoms with Crippen molar-refractivity contribution in [2.45, 2.75) is 39.3 Å². The summed E-state index contributed by atoms with van der Waals surface area (Å²) in [5, 5.41) is 7.21. The van der Waals surface area contributed by atoms with Crippen LogP contribution >= 0.6 is 0 Å². The van der Waals surface area contributed by atoms with Crippen molar-refractivity contribution in [3.63, 3.8) is 0 Å². The summed E-state index contributed by atoms with van der Waals surface area (Å²) >= 11 is 0. The first-order chi connectivity index (χ1) is 15.0. The number of nitrogens with zero attached hydrogens (tertiary/aromatic N) is 4. The fraction of sp³-hybridized carbons (Fsp3) is 0.304. The highest BCUT2D eigenvalue weighted by molar-refractivity contribution is 6.05. The normalized spacial score (nSPS) is 14.1. The van der Waals surface area contributed by atoms with Gasteiger partial charge < -0.3 is 10.2 Å². The zero-order valence-corrected chi connectivity index (χ0v) is 17.5. The van der Waals surface area contributed by atoms with Crippen LogP contribution in [0.25, 0.3) is 0 Å². The van der Waals surface area contributed by atoms with Crippen molar-refractivity contribution >= 4 is 17.5 Å². The van der Waals surface area contributed by atoms with Gasteiger partial charge in [-0.25, -0.2) is 4.39 Å². The summed E-state index contributed by atoms with van der Waals surface area (Å²) in [5.41, 5.74) is 3.12. The summed E-state index contributed by atoms with van der Waals surface area (Å²) in [5.74, 6) is -0.822. The number of carbonyl (C=O) groups excluding carboxylic acids is 2. The third kappa shape index (κ3) is 4.33. The van der Waals surface area contributed by atoms with Crippen molar-refractivity contribution < 1.29 is 14.0 Å². The van der Waals surface area contributed by atoms with E-state index in [1.807, 2.05) is 26.0 Å². The van der Waals surface area contributed by atoms with Gasteiger partial charge in [0.05, 0.1) is 23.1 Å². The number of carbonyl (C=O) groups is 2. The van der Waals surface area contributed by atoms with Gasteiger partial charge in [-0.3, -0.25) is 19.3 Å². The Bertz CT molecular complexity index is 1110. The maximum atomic E-state index is 13.1.